The molecule has 106 valence electrons. The summed E-state index contributed by atoms with van der Waals surface area (Å²) in [6, 6.07) is 12.0. The van der Waals surface area contributed by atoms with E-state index in [1.807, 2.05) is 30.3 Å². The predicted octanol–water partition coefficient (Wildman–Crippen LogP) is 4.29. The van der Waals surface area contributed by atoms with Crippen molar-refractivity contribution in [1.29, 1.82) is 0 Å². The molecule has 0 saturated heterocycles. The van der Waals surface area contributed by atoms with Gasteiger partial charge in [-0.05, 0) is 36.8 Å². The molecule has 0 aromatic heterocycles. The smallest absolute Gasteiger partial charge is 0.127 e. The summed E-state index contributed by atoms with van der Waals surface area (Å²) in [4.78, 5) is 0.419. The molecule has 0 fully saturated rings. The van der Waals surface area contributed by atoms with Crippen LogP contribution in [0.5, 0.6) is 5.75 Å². The summed E-state index contributed by atoms with van der Waals surface area (Å²) >= 11 is 5.11. The van der Waals surface area contributed by atoms with Gasteiger partial charge in [0.2, 0.25) is 0 Å². The molecule has 20 heavy (non-hydrogen) atoms. The van der Waals surface area contributed by atoms with Crippen LogP contribution >= 0.6 is 12.2 Å². The van der Waals surface area contributed by atoms with Crippen LogP contribution in [0.25, 0.3) is 10.8 Å². The Bertz CT molecular complexity index is 621. The van der Waals surface area contributed by atoms with Gasteiger partial charge in [-0.2, -0.15) is 0 Å². The number of fused-ring (bicyclic) bond motifs is 1. The van der Waals surface area contributed by atoms with E-state index >= 15 is 0 Å². The summed E-state index contributed by atoms with van der Waals surface area (Å²) in [5, 5.41) is 2.11. The molecule has 2 aromatic carbocycles. The second-order valence-electron chi connectivity index (χ2n) is 5.58. The molecule has 0 spiro atoms. The summed E-state index contributed by atoms with van der Waals surface area (Å²) in [6.07, 6.45) is 1.22. The fourth-order valence-electron chi connectivity index (χ4n) is 2.52. The molecule has 1 atom stereocenters. The fraction of sp³-hybridized carbons (Fsp3) is 0.353. The van der Waals surface area contributed by atoms with Crippen molar-refractivity contribution in [3.63, 3.8) is 0 Å². The molecule has 0 bridgehead atoms. The number of hydrogen-bond acceptors (Lipinski definition) is 2. The molecule has 1 unspecified atom stereocenters. The standard InChI is InChI=1S/C17H21NOS/c1-11(2)10-12(3)19-16-9-8-15(17(18)20)13-6-4-5-7-14(13)16/h4-9,11-12H,10H2,1-3H3,(H2,18,20). The summed E-state index contributed by atoms with van der Waals surface area (Å²) in [5.41, 5.74) is 6.69. The van der Waals surface area contributed by atoms with Crippen molar-refractivity contribution in [3.05, 3.63) is 42.0 Å². The molecule has 0 aliphatic rings. The average Bonchev–Trinajstić information content (AvgIpc) is 2.37. The van der Waals surface area contributed by atoms with Crippen molar-refractivity contribution in [1.82, 2.24) is 0 Å². The number of hydrogen-bond donors (Lipinski definition) is 1. The molecule has 0 radical (unpaired) electrons. The van der Waals surface area contributed by atoms with Gasteiger partial charge in [0.25, 0.3) is 0 Å². The van der Waals surface area contributed by atoms with E-state index in [0.717, 1.165) is 28.5 Å². The number of nitrogens with two attached hydrogens (primary N) is 1. The molecule has 2 aromatic rings. The Hall–Kier alpha value is -1.61. The van der Waals surface area contributed by atoms with E-state index in [-0.39, 0.29) is 6.10 Å². The first-order valence-electron chi connectivity index (χ1n) is 6.97. The van der Waals surface area contributed by atoms with E-state index in [0.29, 0.717) is 10.9 Å². The zero-order valence-electron chi connectivity index (χ0n) is 12.2. The van der Waals surface area contributed by atoms with Gasteiger partial charge in [0.1, 0.15) is 10.7 Å². The van der Waals surface area contributed by atoms with E-state index in [1.54, 1.807) is 0 Å². The summed E-state index contributed by atoms with van der Waals surface area (Å²) in [6.45, 7) is 6.51. The maximum atomic E-state index is 6.09. The zero-order valence-corrected chi connectivity index (χ0v) is 13.0. The first-order valence-corrected chi connectivity index (χ1v) is 7.38. The highest BCUT2D eigenvalue weighted by atomic mass is 32.1. The third-order valence-corrected chi connectivity index (χ3v) is 3.50. The fourth-order valence-corrected chi connectivity index (χ4v) is 2.70. The number of rotatable bonds is 5. The van der Waals surface area contributed by atoms with Crippen molar-refractivity contribution in [2.75, 3.05) is 0 Å². The largest absolute Gasteiger partial charge is 0.490 e. The Morgan fingerprint density at radius 1 is 1.10 bits per heavy atom. The second-order valence-corrected chi connectivity index (χ2v) is 6.02. The van der Waals surface area contributed by atoms with Crippen LogP contribution in [0.3, 0.4) is 0 Å². The molecule has 0 aliphatic carbocycles. The van der Waals surface area contributed by atoms with E-state index in [4.69, 9.17) is 22.7 Å². The number of thiocarbonyl (C=S) groups is 1. The first-order chi connectivity index (χ1) is 9.49. The molecule has 0 heterocycles. The topological polar surface area (TPSA) is 35.2 Å². The van der Waals surface area contributed by atoms with Crippen LogP contribution in [0.1, 0.15) is 32.8 Å². The summed E-state index contributed by atoms with van der Waals surface area (Å²) in [7, 11) is 0. The number of benzene rings is 2. The van der Waals surface area contributed by atoms with Crippen molar-refractivity contribution in [2.24, 2.45) is 11.7 Å². The molecule has 0 aliphatic heterocycles. The lowest BCUT2D eigenvalue weighted by Crippen LogP contribution is -2.15. The van der Waals surface area contributed by atoms with Gasteiger partial charge in [-0.1, -0.05) is 50.3 Å². The molecular weight excluding hydrogens is 266 g/mol. The SMILES string of the molecule is CC(C)CC(C)Oc1ccc(C(N)=S)c2ccccc12. The molecule has 2 N–H and O–H groups in total. The lowest BCUT2D eigenvalue weighted by molar-refractivity contribution is 0.195. The maximum absolute atomic E-state index is 6.09. The molecule has 3 heteroatoms. The maximum Gasteiger partial charge on any atom is 0.127 e. The summed E-state index contributed by atoms with van der Waals surface area (Å²) in [5.74, 6) is 1.51. The van der Waals surface area contributed by atoms with Crippen LogP contribution in [0.15, 0.2) is 36.4 Å². The Morgan fingerprint density at radius 2 is 1.75 bits per heavy atom. The predicted molar refractivity (Wildman–Crippen MR) is 89.4 cm³/mol. The zero-order chi connectivity index (χ0) is 14.7. The van der Waals surface area contributed by atoms with Crippen molar-refractivity contribution in [2.45, 2.75) is 33.3 Å². The number of ether oxygens (including phenoxy) is 1. The first kappa shape index (κ1) is 14.8. The quantitative estimate of drug-likeness (QED) is 0.833. The Kier molecular flexibility index (Phi) is 4.61. The Morgan fingerprint density at radius 3 is 2.35 bits per heavy atom. The van der Waals surface area contributed by atoms with E-state index < -0.39 is 0 Å². The Balaban J connectivity index is 2.40. The van der Waals surface area contributed by atoms with E-state index in [2.05, 4.69) is 26.8 Å². The lowest BCUT2D eigenvalue weighted by atomic mass is 10.0. The van der Waals surface area contributed by atoms with Crippen LogP contribution in [-0.2, 0) is 0 Å². The van der Waals surface area contributed by atoms with Gasteiger partial charge in [-0.25, -0.2) is 0 Å². The highest BCUT2D eigenvalue weighted by Crippen LogP contribution is 2.30. The third-order valence-electron chi connectivity index (χ3n) is 3.28. The van der Waals surface area contributed by atoms with Gasteiger partial charge in [-0.3, -0.25) is 0 Å². The minimum Gasteiger partial charge on any atom is -0.490 e. The van der Waals surface area contributed by atoms with Crippen molar-refractivity contribution < 1.29 is 4.74 Å². The van der Waals surface area contributed by atoms with Crippen LogP contribution in [0, 0.1) is 5.92 Å². The van der Waals surface area contributed by atoms with Gasteiger partial charge in [-0.15, -0.1) is 0 Å². The van der Waals surface area contributed by atoms with Gasteiger partial charge in [0, 0.05) is 10.9 Å². The molecule has 2 nitrogen and oxygen atoms in total. The monoisotopic (exact) mass is 287 g/mol. The van der Waals surface area contributed by atoms with Crippen molar-refractivity contribution in [3.8, 4) is 5.75 Å². The highest BCUT2D eigenvalue weighted by molar-refractivity contribution is 7.80. The molecule has 0 saturated carbocycles. The van der Waals surface area contributed by atoms with Crippen LogP contribution < -0.4 is 10.5 Å². The molecule has 2 rings (SSSR count). The van der Waals surface area contributed by atoms with E-state index in [9.17, 15) is 0 Å². The molecular formula is C17H21NOS. The van der Waals surface area contributed by atoms with Crippen LogP contribution in [0.2, 0.25) is 0 Å². The minimum atomic E-state index is 0.189. The lowest BCUT2D eigenvalue weighted by Gasteiger charge is -2.18. The normalized spacial score (nSPS) is 12.6. The second kappa shape index (κ2) is 6.23. The average molecular weight is 287 g/mol. The highest BCUT2D eigenvalue weighted by Gasteiger charge is 2.12. The third kappa shape index (κ3) is 3.28. The van der Waals surface area contributed by atoms with Gasteiger partial charge >= 0.3 is 0 Å². The van der Waals surface area contributed by atoms with Crippen LogP contribution in [-0.4, -0.2) is 11.1 Å². The van der Waals surface area contributed by atoms with Crippen molar-refractivity contribution >= 4 is 28.0 Å². The van der Waals surface area contributed by atoms with Crippen LogP contribution in [0.4, 0.5) is 0 Å². The summed E-state index contributed by atoms with van der Waals surface area (Å²) < 4.78 is 6.09. The minimum absolute atomic E-state index is 0.189. The van der Waals surface area contributed by atoms with Gasteiger partial charge in [0.05, 0.1) is 6.10 Å². The Labute approximate surface area is 125 Å². The van der Waals surface area contributed by atoms with Gasteiger partial charge in [0.15, 0.2) is 0 Å². The van der Waals surface area contributed by atoms with E-state index in [1.165, 1.54) is 0 Å². The molecule has 0 amide bonds. The van der Waals surface area contributed by atoms with Gasteiger partial charge < -0.3 is 10.5 Å².